The summed E-state index contributed by atoms with van der Waals surface area (Å²) in [5, 5.41) is 6.77. The molecule has 29 heavy (non-hydrogen) atoms. The predicted octanol–water partition coefficient (Wildman–Crippen LogP) is 0.559. The van der Waals surface area contributed by atoms with Crippen LogP contribution in [-0.2, 0) is 9.59 Å². The highest BCUT2D eigenvalue weighted by Crippen LogP contribution is 2.28. The van der Waals surface area contributed by atoms with E-state index in [0.717, 1.165) is 5.56 Å². The van der Waals surface area contributed by atoms with Crippen LogP contribution in [0, 0.1) is 11.8 Å². The SMILES string of the molecule is CN1CC(C(=O)NNC(=O)[C@H]2C[C@H](NC(=O)c3cc(-c4ccccc4)no3)C2)C1. The second kappa shape index (κ2) is 8.04. The number of carbonyl (C=O) groups is 3. The number of likely N-dealkylation sites (tertiary alicyclic amines) is 1. The Labute approximate surface area is 167 Å². The van der Waals surface area contributed by atoms with Crippen LogP contribution in [0.4, 0.5) is 0 Å². The second-order valence-corrected chi connectivity index (χ2v) is 7.68. The van der Waals surface area contributed by atoms with Gasteiger partial charge in [0.15, 0.2) is 0 Å². The molecule has 0 atom stereocenters. The Morgan fingerprint density at radius 3 is 2.34 bits per heavy atom. The molecule has 0 bridgehead atoms. The van der Waals surface area contributed by atoms with Crippen molar-refractivity contribution in [3.05, 3.63) is 42.2 Å². The van der Waals surface area contributed by atoms with Crippen molar-refractivity contribution in [3.63, 3.8) is 0 Å². The van der Waals surface area contributed by atoms with Gasteiger partial charge in [0.1, 0.15) is 5.69 Å². The molecule has 9 nitrogen and oxygen atoms in total. The third kappa shape index (κ3) is 4.29. The molecule has 1 aromatic carbocycles. The number of nitrogens with zero attached hydrogens (tertiary/aromatic N) is 2. The maximum absolute atomic E-state index is 12.3. The summed E-state index contributed by atoms with van der Waals surface area (Å²) >= 11 is 0. The lowest BCUT2D eigenvalue weighted by Gasteiger charge is -2.36. The molecule has 2 heterocycles. The molecule has 1 aromatic heterocycles. The Hall–Kier alpha value is -3.20. The average Bonchev–Trinajstić information content (AvgIpc) is 3.17. The van der Waals surface area contributed by atoms with E-state index in [1.807, 2.05) is 42.3 Å². The Balaban J connectivity index is 1.19. The molecule has 9 heteroatoms. The molecular weight excluding hydrogens is 374 g/mol. The Bertz CT molecular complexity index is 901. The van der Waals surface area contributed by atoms with Gasteiger partial charge in [0.05, 0.1) is 5.92 Å². The molecule has 1 saturated carbocycles. The van der Waals surface area contributed by atoms with Crippen molar-refractivity contribution in [3.8, 4) is 11.3 Å². The van der Waals surface area contributed by atoms with Crippen LogP contribution < -0.4 is 16.2 Å². The summed E-state index contributed by atoms with van der Waals surface area (Å²) in [5.74, 6) is -0.932. The fraction of sp³-hybridized carbons (Fsp3) is 0.400. The van der Waals surface area contributed by atoms with Crippen LogP contribution >= 0.6 is 0 Å². The second-order valence-electron chi connectivity index (χ2n) is 7.68. The van der Waals surface area contributed by atoms with Crippen molar-refractivity contribution in [2.75, 3.05) is 20.1 Å². The molecule has 0 radical (unpaired) electrons. The van der Waals surface area contributed by atoms with Gasteiger partial charge >= 0.3 is 0 Å². The standard InChI is InChI=1S/C20H23N5O4/c1-25-10-14(11-25)19(27)23-22-18(26)13-7-15(8-13)21-20(28)17-9-16(24-29-17)12-5-3-2-4-6-12/h2-6,9,13-15H,7-8,10-11H2,1H3,(H,21,28)(H,22,26)(H,23,27)/t13-,15-. The number of hydrazine groups is 1. The molecule has 152 valence electrons. The normalized spacial score (nSPS) is 21.6. The number of rotatable bonds is 5. The van der Waals surface area contributed by atoms with Gasteiger partial charge in [0.25, 0.3) is 5.91 Å². The smallest absolute Gasteiger partial charge is 0.290 e. The average molecular weight is 397 g/mol. The summed E-state index contributed by atoms with van der Waals surface area (Å²) in [7, 11) is 1.94. The summed E-state index contributed by atoms with van der Waals surface area (Å²) in [6.45, 7) is 1.40. The quantitative estimate of drug-likeness (QED) is 0.635. The van der Waals surface area contributed by atoms with E-state index in [0.29, 0.717) is 31.6 Å². The minimum atomic E-state index is -0.356. The van der Waals surface area contributed by atoms with Crippen molar-refractivity contribution in [1.29, 1.82) is 0 Å². The van der Waals surface area contributed by atoms with Crippen molar-refractivity contribution in [1.82, 2.24) is 26.2 Å². The highest BCUT2D eigenvalue weighted by Gasteiger charge is 2.37. The summed E-state index contributed by atoms with van der Waals surface area (Å²) < 4.78 is 5.14. The van der Waals surface area contributed by atoms with E-state index in [9.17, 15) is 14.4 Å². The first-order valence-electron chi connectivity index (χ1n) is 9.61. The first-order valence-corrected chi connectivity index (χ1v) is 9.61. The van der Waals surface area contributed by atoms with E-state index in [2.05, 4.69) is 21.3 Å². The van der Waals surface area contributed by atoms with Crippen LogP contribution in [0.15, 0.2) is 40.9 Å². The first-order chi connectivity index (χ1) is 14.0. The molecule has 2 aromatic rings. The fourth-order valence-electron chi connectivity index (χ4n) is 3.53. The summed E-state index contributed by atoms with van der Waals surface area (Å²) in [4.78, 5) is 38.3. The van der Waals surface area contributed by atoms with Gasteiger partial charge in [-0.3, -0.25) is 25.2 Å². The molecule has 0 spiro atoms. The lowest BCUT2D eigenvalue weighted by molar-refractivity contribution is -0.137. The topological polar surface area (TPSA) is 117 Å². The molecule has 2 fully saturated rings. The molecule has 1 saturated heterocycles. The maximum Gasteiger partial charge on any atom is 0.290 e. The summed E-state index contributed by atoms with van der Waals surface area (Å²) in [5.41, 5.74) is 6.41. The van der Waals surface area contributed by atoms with E-state index in [1.165, 1.54) is 0 Å². The van der Waals surface area contributed by atoms with E-state index in [4.69, 9.17) is 4.52 Å². The number of hydrogen-bond donors (Lipinski definition) is 3. The summed E-state index contributed by atoms with van der Waals surface area (Å²) in [6.07, 6.45) is 1.03. The Kier molecular flexibility index (Phi) is 5.30. The van der Waals surface area contributed by atoms with Crippen LogP contribution in [0.25, 0.3) is 11.3 Å². The number of hydrogen-bond acceptors (Lipinski definition) is 6. The third-order valence-corrected chi connectivity index (χ3v) is 5.39. The van der Waals surface area contributed by atoms with Gasteiger partial charge in [0.2, 0.25) is 17.6 Å². The van der Waals surface area contributed by atoms with Crippen molar-refractivity contribution in [2.45, 2.75) is 18.9 Å². The van der Waals surface area contributed by atoms with Crippen molar-refractivity contribution in [2.24, 2.45) is 11.8 Å². The zero-order valence-electron chi connectivity index (χ0n) is 16.1. The molecular formula is C20H23N5O4. The molecule has 1 aliphatic carbocycles. The number of amides is 3. The minimum Gasteiger partial charge on any atom is -0.350 e. The maximum atomic E-state index is 12.3. The van der Waals surface area contributed by atoms with Gasteiger partial charge in [-0.05, 0) is 19.9 Å². The first kappa shape index (κ1) is 19.1. The molecule has 1 aliphatic heterocycles. The number of nitrogens with one attached hydrogen (secondary N) is 3. The van der Waals surface area contributed by atoms with E-state index in [1.54, 1.807) is 6.07 Å². The van der Waals surface area contributed by atoms with Crippen LogP contribution in [0.5, 0.6) is 0 Å². The van der Waals surface area contributed by atoms with Gasteiger partial charge in [-0.25, -0.2) is 0 Å². The molecule has 3 N–H and O–H groups in total. The largest absolute Gasteiger partial charge is 0.350 e. The predicted molar refractivity (Wildman–Crippen MR) is 103 cm³/mol. The monoisotopic (exact) mass is 397 g/mol. The Morgan fingerprint density at radius 2 is 1.69 bits per heavy atom. The molecule has 2 aliphatic rings. The van der Waals surface area contributed by atoms with Crippen LogP contribution in [-0.4, -0.2) is 54.0 Å². The van der Waals surface area contributed by atoms with E-state index in [-0.39, 0.29) is 41.4 Å². The number of benzene rings is 1. The van der Waals surface area contributed by atoms with Crippen LogP contribution in [0.3, 0.4) is 0 Å². The van der Waals surface area contributed by atoms with Gasteiger partial charge in [-0.1, -0.05) is 35.5 Å². The van der Waals surface area contributed by atoms with Gasteiger partial charge in [-0.2, -0.15) is 0 Å². The molecule has 0 unspecified atom stereocenters. The number of aromatic nitrogens is 1. The highest BCUT2D eigenvalue weighted by atomic mass is 16.5. The number of carbonyl (C=O) groups excluding carboxylic acids is 3. The Morgan fingerprint density at radius 1 is 1.03 bits per heavy atom. The van der Waals surface area contributed by atoms with Gasteiger partial charge < -0.3 is 14.7 Å². The zero-order valence-corrected chi connectivity index (χ0v) is 16.1. The zero-order chi connectivity index (χ0) is 20.4. The summed E-state index contributed by atoms with van der Waals surface area (Å²) in [6, 6.07) is 10.9. The highest BCUT2D eigenvalue weighted by molar-refractivity contribution is 5.93. The van der Waals surface area contributed by atoms with Crippen LogP contribution in [0.2, 0.25) is 0 Å². The van der Waals surface area contributed by atoms with Crippen LogP contribution in [0.1, 0.15) is 23.4 Å². The fourth-order valence-corrected chi connectivity index (χ4v) is 3.53. The van der Waals surface area contributed by atoms with Gasteiger partial charge in [-0.15, -0.1) is 0 Å². The van der Waals surface area contributed by atoms with Crippen molar-refractivity contribution < 1.29 is 18.9 Å². The lowest BCUT2D eigenvalue weighted by atomic mass is 9.79. The van der Waals surface area contributed by atoms with Gasteiger partial charge in [0, 0.05) is 36.7 Å². The lowest BCUT2D eigenvalue weighted by Crippen LogP contribution is -2.57. The third-order valence-electron chi connectivity index (χ3n) is 5.39. The van der Waals surface area contributed by atoms with E-state index < -0.39 is 0 Å². The van der Waals surface area contributed by atoms with Crippen molar-refractivity contribution >= 4 is 17.7 Å². The molecule has 3 amide bonds. The van der Waals surface area contributed by atoms with E-state index >= 15 is 0 Å². The minimum absolute atomic E-state index is 0.0728. The molecule has 4 rings (SSSR count).